The Morgan fingerprint density at radius 3 is 2.71 bits per heavy atom. The molecule has 28 heavy (non-hydrogen) atoms. The number of likely N-dealkylation sites (N-methyl/N-ethyl adjacent to an activating group) is 1. The van der Waals surface area contributed by atoms with Crippen molar-refractivity contribution in [2.75, 3.05) is 13.6 Å². The van der Waals surface area contributed by atoms with Crippen LogP contribution in [0.2, 0.25) is 0 Å². The minimum Gasteiger partial charge on any atom is -0.508 e. The van der Waals surface area contributed by atoms with Crippen molar-refractivity contribution in [2.24, 2.45) is 11.3 Å². The van der Waals surface area contributed by atoms with Crippen LogP contribution in [0.5, 0.6) is 5.75 Å². The van der Waals surface area contributed by atoms with Gasteiger partial charge in [0.25, 0.3) is 0 Å². The van der Waals surface area contributed by atoms with Crippen LogP contribution in [0.1, 0.15) is 82.8 Å². The van der Waals surface area contributed by atoms with Crippen molar-refractivity contribution >= 4 is 5.78 Å². The highest BCUT2D eigenvalue weighted by atomic mass is 16.3. The van der Waals surface area contributed by atoms with Crippen molar-refractivity contribution in [3.8, 4) is 5.75 Å². The minimum atomic E-state index is 0.0161. The van der Waals surface area contributed by atoms with E-state index in [1.165, 1.54) is 36.8 Å². The van der Waals surface area contributed by atoms with Crippen LogP contribution in [0.25, 0.3) is 0 Å². The molecular weight excluding hydrogens is 346 g/mol. The Morgan fingerprint density at radius 1 is 1.21 bits per heavy atom. The number of carbonyl (C=O) groups is 1. The number of rotatable bonds is 6. The molecule has 1 saturated heterocycles. The van der Waals surface area contributed by atoms with Gasteiger partial charge in [0.05, 0.1) is 0 Å². The third-order valence-corrected chi connectivity index (χ3v) is 8.82. The number of hydrogen-bond acceptors (Lipinski definition) is 3. The quantitative estimate of drug-likeness (QED) is 0.731. The van der Waals surface area contributed by atoms with Gasteiger partial charge < -0.3 is 10.0 Å². The van der Waals surface area contributed by atoms with Crippen molar-refractivity contribution in [1.82, 2.24) is 4.90 Å². The molecule has 0 unspecified atom stereocenters. The zero-order valence-corrected chi connectivity index (χ0v) is 18.0. The van der Waals surface area contributed by atoms with Gasteiger partial charge in [-0.2, -0.15) is 0 Å². The molecule has 0 spiro atoms. The number of phenolic OH excluding ortho intramolecular Hbond substituents is 1. The summed E-state index contributed by atoms with van der Waals surface area (Å²) in [5.41, 5.74) is 2.77. The first-order valence-corrected chi connectivity index (χ1v) is 11.4. The molecule has 3 heteroatoms. The number of Topliss-reactive ketones (excluding diaryl/α,β-unsaturated/α-hetero) is 1. The topological polar surface area (TPSA) is 40.5 Å². The molecule has 1 aliphatic heterocycles. The number of hydrogen-bond donors (Lipinski definition) is 1. The normalized spacial score (nSPS) is 33.0. The third-order valence-electron chi connectivity index (χ3n) is 8.82. The van der Waals surface area contributed by atoms with E-state index in [-0.39, 0.29) is 10.8 Å². The van der Waals surface area contributed by atoms with Crippen LogP contribution in [0.3, 0.4) is 0 Å². The van der Waals surface area contributed by atoms with Crippen LogP contribution in [0.4, 0.5) is 0 Å². The predicted octanol–water partition coefficient (Wildman–Crippen LogP) is 5.24. The van der Waals surface area contributed by atoms with Crippen molar-refractivity contribution in [2.45, 2.75) is 89.5 Å². The smallest absolute Gasteiger partial charge is 0.132 e. The minimum absolute atomic E-state index is 0.0161. The average molecular weight is 384 g/mol. The standard InChI is InChI=1S/C25H37NO2/c1-24-14-15-26(3)23(16-19-9-11-21(28)17-22(19)24)25(24,2)13-12-20(27)10-8-18-6-4-5-7-18/h9,11,17-18,23,28H,4-8,10,12-16H2,1-3H3/t23-,24-,25-/m0/s1. The maximum Gasteiger partial charge on any atom is 0.132 e. The summed E-state index contributed by atoms with van der Waals surface area (Å²) in [6.07, 6.45) is 11.0. The molecule has 1 aromatic carbocycles. The van der Waals surface area contributed by atoms with E-state index in [9.17, 15) is 9.90 Å². The fourth-order valence-electron chi connectivity index (χ4n) is 6.61. The number of fused-ring (bicyclic) bond motifs is 4. The third kappa shape index (κ3) is 3.30. The van der Waals surface area contributed by atoms with Gasteiger partial charge in [-0.05, 0) is 73.9 Å². The first-order valence-electron chi connectivity index (χ1n) is 11.4. The van der Waals surface area contributed by atoms with Crippen molar-refractivity contribution in [3.63, 3.8) is 0 Å². The van der Waals surface area contributed by atoms with Gasteiger partial charge in [0.2, 0.25) is 0 Å². The number of nitrogens with zero attached hydrogens (tertiary/aromatic N) is 1. The lowest BCUT2D eigenvalue weighted by Crippen LogP contribution is -2.64. The van der Waals surface area contributed by atoms with Crippen LogP contribution in [-0.4, -0.2) is 35.4 Å². The zero-order chi connectivity index (χ0) is 19.9. The molecule has 1 N–H and O–H groups in total. The van der Waals surface area contributed by atoms with Crippen LogP contribution >= 0.6 is 0 Å². The highest BCUT2D eigenvalue weighted by molar-refractivity contribution is 5.78. The van der Waals surface area contributed by atoms with E-state index in [4.69, 9.17) is 0 Å². The Kier molecular flexibility index (Phi) is 5.33. The molecule has 154 valence electrons. The van der Waals surface area contributed by atoms with Gasteiger partial charge in [-0.25, -0.2) is 0 Å². The van der Waals surface area contributed by atoms with E-state index in [2.05, 4.69) is 31.9 Å². The largest absolute Gasteiger partial charge is 0.508 e. The Balaban J connectivity index is 1.52. The molecule has 0 radical (unpaired) electrons. The van der Waals surface area contributed by atoms with Crippen LogP contribution < -0.4 is 0 Å². The van der Waals surface area contributed by atoms with E-state index < -0.39 is 0 Å². The second kappa shape index (κ2) is 7.48. The monoisotopic (exact) mass is 383 g/mol. The second-order valence-electron chi connectivity index (χ2n) is 10.3. The first-order chi connectivity index (χ1) is 13.3. The van der Waals surface area contributed by atoms with Crippen molar-refractivity contribution < 1.29 is 9.90 Å². The number of piperidine rings is 1. The number of aromatic hydroxyl groups is 1. The summed E-state index contributed by atoms with van der Waals surface area (Å²) in [4.78, 5) is 15.3. The summed E-state index contributed by atoms with van der Waals surface area (Å²) in [6, 6.07) is 6.40. The number of ketones is 1. The van der Waals surface area contributed by atoms with E-state index in [1.54, 1.807) is 0 Å². The van der Waals surface area contributed by atoms with Crippen LogP contribution in [0, 0.1) is 11.3 Å². The molecule has 3 nitrogen and oxygen atoms in total. The predicted molar refractivity (Wildman–Crippen MR) is 114 cm³/mol. The van der Waals surface area contributed by atoms with Gasteiger partial charge in [0, 0.05) is 24.3 Å². The molecule has 1 saturated carbocycles. The summed E-state index contributed by atoms with van der Waals surface area (Å²) in [6.45, 7) is 5.87. The summed E-state index contributed by atoms with van der Waals surface area (Å²) in [5.74, 6) is 1.62. The Bertz CT molecular complexity index is 738. The highest BCUT2D eigenvalue weighted by Gasteiger charge is 2.57. The molecule has 0 aromatic heterocycles. The molecule has 0 amide bonds. The fraction of sp³-hybridized carbons (Fsp3) is 0.720. The van der Waals surface area contributed by atoms with Gasteiger partial charge in [-0.3, -0.25) is 4.79 Å². The average Bonchev–Trinajstić information content (AvgIpc) is 3.19. The molecule has 4 rings (SSSR count). The van der Waals surface area contributed by atoms with Crippen LogP contribution in [0.15, 0.2) is 18.2 Å². The zero-order valence-electron chi connectivity index (χ0n) is 18.0. The van der Waals surface area contributed by atoms with E-state index in [1.807, 2.05) is 12.1 Å². The van der Waals surface area contributed by atoms with Crippen molar-refractivity contribution in [1.29, 1.82) is 0 Å². The lowest BCUT2D eigenvalue weighted by atomic mass is 9.49. The van der Waals surface area contributed by atoms with Gasteiger partial charge in [-0.1, -0.05) is 45.6 Å². The second-order valence-corrected chi connectivity index (χ2v) is 10.3. The summed E-state index contributed by atoms with van der Waals surface area (Å²) < 4.78 is 0. The maximum atomic E-state index is 12.7. The number of carbonyl (C=O) groups excluding carboxylic acids is 1. The molecule has 2 fully saturated rings. The number of benzene rings is 1. The number of phenols is 1. The molecule has 1 aromatic rings. The van der Waals surface area contributed by atoms with Gasteiger partial charge in [-0.15, -0.1) is 0 Å². The Labute approximate surface area is 170 Å². The molecule has 2 bridgehead atoms. The fourth-order valence-corrected chi connectivity index (χ4v) is 6.61. The van der Waals surface area contributed by atoms with E-state index in [0.29, 0.717) is 24.0 Å². The number of likely N-dealkylation sites (tertiary alicyclic amines) is 1. The first kappa shape index (κ1) is 19.9. The molecule has 3 aliphatic rings. The van der Waals surface area contributed by atoms with E-state index in [0.717, 1.165) is 44.6 Å². The molecule has 3 atom stereocenters. The summed E-state index contributed by atoms with van der Waals surface area (Å²) in [5, 5.41) is 10.1. The molecule has 2 aliphatic carbocycles. The van der Waals surface area contributed by atoms with Gasteiger partial charge >= 0.3 is 0 Å². The van der Waals surface area contributed by atoms with Crippen LogP contribution in [-0.2, 0) is 16.6 Å². The molecule has 1 heterocycles. The lowest BCUT2D eigenvalue weighted by Gasteiger charge is -2.62. The van der Waals surface area contributed by atoms with Gasteiger partial charge in [0.15, 0.2) is 0 Å². The molecular formula is C25H37NO2. The van der Waals surface area contributed by atoms with Gasteiger partial charge in [0.1, 0.15) is 11.5 Å². The summed E-state index contributed by atoms with van der Waals surface area (Å²) >= 11 is 0. The SMILES string of the molecule is CN1CC[C@@]2(C)c3cc(O)ccc3C[C@H]1[C@]2(C)CCC(=O)CCC1CCCC1. The maximum absolute atomic E-state index is 12.7. The Hall–Kier alpha value is -1.35. The lowest BCUT2D eigenvalue weighted by molar-refractivity contribution is -0.121. The highest BCUT2D eigenvalue weighted by Crippen LogP contribution is 2.58. The van der Waals surface area contributed by atoms with Crippen molar-refractivity contribution in [3.05, 3.63) is 29.3 Å². The Morgan fingerprint density at radius 2 is 1.96 bits per heavy atom. The summed E-state index contributed by atoms with van der Waals surface area (Å²) in [7, 11) is 2.25. The van der Waals surface area contributed by atoms with E-state index >= 15 is 0 Å².